The number of rotatable bonds is 2. The summed E-state index contributed by atoms with van der Waals surface area (Å²) >= 11 is 0. The SMILES string of the molecule is CC(C)(C)OC(=O)Nc1ccc(C(=N)N)c(O)c1. The summed E-state index contributed by atoms with van der Waals surface area (Å²) in [5, 5.41) is 19.3. The van der Waals surface area contributed by atoms with E-state index < -0.39 is 11.7 Å². The highest BCUT2D eigenvalue weighted by molar-refractivity contribution is 5.98. The molecule has 0 aromatic heterocycles. The van der Waals surface area contributed by atoms with Crippen LogP contribution in [0, 0.1) is 5.41 Å². The van der Waals surface area contributed by atoms with Gasteiger partial charge in [0.25, 0.3) is 0 Å². The van der Waals surface area contributed by atoms with Crippen molar-refractivity contribution in [3.05, 3.63) is 23.8 Å². The summed E-state index contributed by atoms with van der Waals surface area (Å²) in [6.07, 6.45) is -0.613. The number of hydrogen-bond acceptors (Lipinski definition) is 4. The number of amides is 1. The number of anilines is 1. The van der Waals surface area contributed by atoms with Crippen LogP contribution in [0.3, 0.4) is 0 Å². The number of phenolic OH excluding ortho intramolecular Hbond substituents is 1. The molecule has 0 atom stereocenters. The van der Waals surface area contributed by atoms with Crippen molar-refractivity contribution >= 4 is 17.6 Å². The predicted octanol–water partition coefficient (Wildman–Crippen LogP) is 2.02. The third kappa shape index (κ3) is 3.97. The number of hydrogen-bond donors (Lipinski definition) is 4. The Balaban J connectivity index is 2.78. The normalized spacial score (nSPS) is 10.8. The lowest BCUT2D eigenvalue weighted by molar-refractivity contribution is 0.0636. The summed E-state index contributed by atoms with van der Waals surface area (Å²) in [6, 6.07) is 4.28. The van der Waals surface area contributed by atoms with Gasteiger partial charge >= 0.3 is 6.09 Å². The third-order valence-corrected chi connectivity index (χ3v) is 1.93. The van der Waals surface area contributed by atoms with Crippen molar-refractivity contribution in [2.24, 2.45) is 5.73 Å². The average Bonchev–Trinajstić information content (AvgIpc) is 2.13. The number of phenols is 1. The average molecular weight is 251 g/mol. The Morgan fingerprint density at radius 3 is 2.50 bits per heavy atom. The second-order valence-corrected chi connectivity index (χ2v) is 4.77. The number of nitrogen functional groups attached to an aromatic ring is 1. The molecule has 1 aromatic rings. The molecule has 6 heteroatoms. The summed E-state index contributed by atoms with van der Waals surface area (Å²) in [6.45, 7) is 5.26. The highest BCUT2D eigenvalue weighted by atomic mass is 16.6. The standard InChI is InChI=1S/C12H17N3O3/c1-12(2,3)18-11(17)15-7-4-5-8(10(13)14)9(16)6-7/h4-6,16H,1-3H3,(H3,13,14)(H,15,17). The lowest BCUT2D eigenvalue weighted by Gasteiger charge is -2.19. The molecule has 0 spiro atoms. The Morgan fingerprint density at radius 1 is 1.44 bits per heavy atom. The lowest BCUT2D eigenvalue weighted by atomic mass is 10.1. The van der Waals surface area contributed by atoms with E-state index in [1.807, 2.05) is 0 Å². The van der Waals surface area contributed by atoms with Gasteiger partial charge in [0.1, 0.15) is 17.2 Å². The zero-order valence-electron chi connectivity index (χ0n) is 10.6. The molecule has 0 radical (unpaired) electrons. The summed E-state index contributed by atoms with van der Waals surface area (Å²) < 4.78 is 5.06. The first-order valence-corrected chi connectivity index (χ1v) is 5.36. The van der Waals surface area contributed by atoms with E-state index in [0.717, 1.165) is 0 Å². The Kier molecular flexibility index (Phi) is 3.80. The first kappa shape index (κ1) is 13.8. The Bertz CT molecular complexity index is 478. The number of carbonyl (C=O) groups is 1. The van der Waals surface area contributed by atoms with Crippen LogP contribution in [0.2, 0.25) is 0 Å². The Morgan fingerprint density at radius 2 is 2.06 bits per heavy atom. The van der Waals surface area contributed by atoms with E-state index in [2.05, 4.69) is 5.32 Å². The molecule has 0 aliphatic rings. The van der Waals surface area contributed by atoms with Crippen molar-refractivity contribution in [1.82, 2.24) is 0 Å². The molecule has 0 fully saturated rings. The largest absolute Gasteiger partial charge is 0.507 e. The maximum absolute atomic E-state index is 11.5. The van der Waals surface area contributed by atoms with E-state index in [1.54, 1.807) is 20.8 Å². The summed E-state index contributed by atoms with van der Waals surface area (Å²) in [7, 11) is 0. The molecule has 0 aliphatic carbocycles. The van der Waals surface area contributed by atoms with Gasteiger partial charge in [0.2, 0.25) is 0 Å². The maximum Gasteiger partial charge on any atom is 0.412 e. The zero-order valence-corrected chi connectivity index (χ0v) is 10.6. The number of nitrogens with two attached hydrogens (primary N) is 1. The molecule has 1 amide bonds. The molecular formula is C12H17N3O3. The summed E-state index contributed by atoms with van der Waals surface area (Å²) in [4.78, 5) is 11.5. The third-order valence-electron chi connectivity index (χ3n) is 1.93. The van der Waals surface area contributed by atoms with Crippen molar-refractivity contribution in [1.29, 1.82) is 5.41 Å². The second-order valence-electron chi connectivity index (χ2n) is 4.77. The van der Waals surface area contributed by atoms with Gasteiger partial charge in [0.05, 0.1) is 5.56 Å². The van der Waals surface area contributed by atoms with Crippen LogP contribution in [0.4, 0.5) is 10.5 Å². The van der Waals surface area contributed by atoms with E-state index >= 15 is 0 Å². The van der Waals surface area contributed by atoms with Crippen LogP contribution in [-0.2, 0) is 4.74 Å². The molecule has 18 heavy (non-hydrogen) atoms. The van der Waals surface area contributed by atoms with Crippen molar-refractivity contribution in [3.63, 3.8) is 0 Å². The Labute approximate surface area is 105 Å². The molecule has 1 aromatic carbocycles. The zero-order chi connectivity index (χ0) is 13.9. The van der Waals surface area contributed by atoms with Crippen LogP contribution in [0.25, 0.3) is 0 Å². The molecule has 0 heterocycles. The van der Waals surface area contributed by atoms with E-state index in [0.29, 0.717) is 5.69 Å². The number of ether oxygens (including phenoxy) is 1. The molecule has 98 valence electrons. The fourth-order valence-corrected chi connectivity index (χ4v) is 1.26. The van der Waals surface area contributed by atoms with Crippen LogP contribution in [0.15, 0.2) is 18.2 Å². The molecule has 0 unspecified atom stereocenters. The van der Waals surface area contributed by atoms with Crippen molar-refractivity contribution in [2.75, 3.05) is 5.32 Å². The number of benzene rings is 1. The fourth-order valence-electron chi connectivity index (χ4n) is 1.26. The van der Waals surface area contributed by atoms with Crippen LogP contribution in [0.5, 0.6) is 5.75 Å². The van der Waals surface area contributed by atoms with Crippen LogP contribution < -0.4 is 11.1 Å². The van der Waals surface area contributed by atoms with E-state index in [4.69, 9.17) is 15.9 Å². The minimum absolute atomic E-state index is 0.170. The smallest absolute Gasteiger partial charge is 0.412 e. The summed E-state index contributed by atoms with van der Waals surface area (Å²) in [5.74, 6) is -0.410. The predicted molar refractivity (Wildman–Crippen MR) is 69.0 cm³/mol. The number of carbonyl (C=O) groups excluding carboxylic acids is 1. The first-order valence-electron chi connectivity index (χ1n) is 5.36. The van der Waals surface area contributed by atoms with Gasteiger partial charge in [-0.2, -0.15) is 0 Å². The van der Waals surface area contributed by atoms with Crippen LogP contribution in [0.1, 0.15) is 26.3 Å². The summed E-state index contributed by atoms with van der Waals surface area (Å²) in [5.41, 5.74) is 5.25. The fraction of sp³-hybridized carbons (Fsp3) is 0.333. The molecule has 0 aliphatic heterocycles. The van der Waals surface area contributed by atoms with Gasteiger partial charge in [0.15, 0.2) is 0 Å². The van der Waals surface area contributed by atoms with Gasteiger partial charge in [-0.05, 0) is 32.9 Å². The van der Waals surface area contributed by atoms with Gasteiger partial charge in [-0.15, -0.1) is 0 Å². The van der Waals surface area contributed by atoms with E-state index in [-0.39, 0.29) is 17.1 Å². The topological polar surface area (TPSA) is 108 Å². The van der Waals surface area contributed by atoms with Crippen LogP contribution >= 0.6 is 0 Å². The van der Waals surface area contributed by atoms with E-state index in [9.17, 15) is 9.90 Å². The number of amidine groups is 1. The van der Waals surface area contributed by atoms with Gasteiger partial charge in [-0.3, -0.25) is 10.7 Å². The van der Waals surface area contributed by atoms with E-state index in [1.165, 1.54) is 18.2 Å². The molecule has 6 nitrogen and oxygen atoms in total. The second kappa shape index (κ2) is 4.95. The van der Waals surface area contributed by atoms with Crippen molar-refractivity contribution < 1.29 is 14.6 Å². The van der Waals surface area contributed by atoms with Gasteiger partial charge in [-0.1, -0.05) is 0 Å². The first-order chi connectivity index (χ1) is 8.19. The van der Waals surface area contributed by atoms with Crippen molar-refractivity contribution in [2.45, 2.75) is 26.4 Å². The molecule has 5 N–H and O–H groups in total. The molecule has 0 bridgehead atoms. The number of aromatic hydroxyl groups is 1. The van der Waals surface area contributed by atoms with Gasteiger partial charge in [-0.25, -0.2) is 4.79 Å². The van der Waals surface area contributed by atoms with Gasteiger partial charge < -0.3 is 15.6 Å². The van der Waals surface area contributed by atoms with Crippen molar-refractivity contribution in [3.8, 4) is 5.75 Å². The lowest BCUT2D eigenvalue weighted by Crippen LogP contribution is -2.27. The monoisotopic (exact) mass is 251 g/mol. The van der Waals surface area contributed by atoms with Gasteiger partial charge in [0, 0.05) is 11.8 Å². The molecule has 1 rings (SSSR count). The minimum atomic E-state index is -0.613. The highest BCUT2D eigenvalue weighted by Gasteiger charge is 2.16. The molecule has 0 saturated carbocycles. The highest BCUT2D eigenvalue weighted by Crippen LogP contribution is 2.22. The molecular weight excluding hydrogens is 234 g/mol. The number of nitrogens with one attached hydrogen (secondary N) is 2. The molecule has 0 saturated heterocycles. The Hall–Kier alpha value is -2.24. The van der Waals surface area contributed by atoms with Crippen LogP contribution in [-0.4, -0.2) is 22.6 Å². The maximum atomic E-state index is 11.5. The quantitative estimate of drug-likeness (QED) is 0.476. The minimum Gasteiger partial charge on any atom is -0.507 e.